The van der Waals surface area contributed by atoms with E-state index in [9.17, 15) is 9.90 Å². The fraction of sp³-hybridized carbons (Fsp3) is 0.938. The zero-order valence-corrected chi connectivity index (χ0v) is 35.2. The Morgan fingerprint density at radius 3 is 1.92 bits per heavy atom. The van der Waals surface area contributed by atoms with Gasteiger partial charge in [0.15, 0.2) is 0 Å². The zero-order chi connectivity index (χ0) is 37.1. The van der Waals surface area contributed by atoms with Crippen LogP contribution in [-0.2, 0) is 9.53 Å². The van der Waals surface area contributed by atoms with E-state index < -0.39 is 6.10 Å². The van der Waals surface area contributed by atoms with Gasteiger partial charge in [0.1, 0.15) is 6.10 Å². The van der Waals surface area contributed by atoms with Gasteiger partial charge in [-0.15, -0.1) is 0 Å². The summed E-state index contributed by atoms with van der Waals surface area (Å²) in [5, 5.41) is 10.8. The molecule has 11 unspecified atom stereocenters. The molecule has 0 radical (unpaired) electrons. The Morgan fingerprint density at radius 2 is 1.31 bits per heavy atom. The number of ether oxygens (including phenoxy) is 1. The van der Waals surface area contributed by atoms with Crippen LogP contribution in [0.5, 0.6) is 0 Å². The van der Waals surface area contributed by atoms with E-state index in [1.165, 1.54) is 128 Å². The molecule has 3 heteroatoms. The summed E-state index contributed by atoms with van der Waals surface area (Å²) in [5.74, 6) is 3.46. The Hall–Kier alpha value is -0.830. The Labute approximate surface area is 316 Å². The summed E-state index contributed by atoms with van der Waals surface area (Å²) in [7, 11) is 0. The molecule has 1 N–H and O–H groups in total. The first-order chi connectivity index (χ1) is 24.1. The van der Waals surface area contributed by atoms with Crippen LogP contribution < -0.4 is 0 Å². The number of carbonyl (C=O) groups is 1. The van der Waals surface area contributed by atoms with Gasteiger partial charge in [-0.2, -0.15) is 0 Å². The predicted molar refractivity (Wildman–Crippen MR) is 215 cm³/mol. The third-order valence-electron chi connectivity index (χ3n) is 17.7. The molecule has 0 heterocycles. The maximum absolute atomic E-state index is 13.3. The van der Waals surface area contributed by atoms with E-state index >= 15 is 0 Å². The van der Waals surface area contributed by atoms with Crippen molar-refractivity contribution in [2.75, 3.05) is 0 Å². The van der Waals surface area contributed by atoms with Crippen molar-refractivity contribution in [3.63, 3.8) is 0 Å². The highest BCUT2D eigenvalue weighted by molar-refractivity contribution is 5.70. The quantitative estimate of drug-likeness (QED) is 0.0876. The lowest BCUT2D eigenvalue weighted by molar-refractivity contribution is -0.249. The number of rotatable bonds is 18. The van der Waals surface area contributed by atoms with E-state index in [2.05, 4.69) is 62.0 Å². The second kappa shape index (κ2) is 16.9. The van der Waals surface area contributed by atoms with Gasteiger partial charge in [-0.1, -0.05) is 144 Å². The summed E-state index contributed by atoms with van der Waals surface area (Å²) in [6.07, 6.45) is 30.4. The number of hydrogen-bond donors (Lipinski definition) is 1. The van der Waals surface area contributed by atoms with Gasteiger partial charge in [0.2, 0.25) is 0 Å². The molecule has 5 aliphatic rings. The largest absolute Gasteiger partial charge is 0.462 e. The minimum absolute atomic E-state index is 0.0481. The zero-order valence-electron chi connectivity index (χ0n) is 35.2. The first kappa shape index (κ1) is 41.3. The SMILES string of the molecule is C=C(C)C1CCC2(C)CCC3(C)C(CCC4C5(C)CCC(OC(=O)CC(O)CCCCCCCCCCCCCCC)C(C)(C)C5CCC43C)C12. The van der Waals surface area contributed by atoms with Crippen molar-refractivity contribution >= 4 is 5.97 Å². The number of carbonyl (C=O) groups excluding carboxylic acids is 1. The Bertz CT molecular complexity index is 1160. The Balaban J connectivity index is 1.08. The van der Waals surface area contributed by atoms with E-state index in [-0.39, 0.29) is 29.3 Å². The van der Waals surface area contributed by atoms with Gasteiger partial charge in [0.05, 0.1) is 12.5 Å². The molecule has 294 valence electrons. The smallest absolute Gasteiger partial charge is 0.308 e. The molecule has 0 bridgehead atoms. The lowest BCUT2D eigenvalue weighted by Gasteiger charge is -2.73. The molecular formula is C48H84O3. The maximum Gasteiger partial charge on any atom is 0.308 e. The van der Waals surface area contributed by atoms with Gasteiger partial charge in [0, 0.05) is 5.41 Å². The molecule has 3 nitrogen and oxygen atoms in total. The standard InChI is InChI=1S/C48H84O3/c1-10-11-12-13-14-15-16-17-18-19-20-21-22-23-36(49)34-42(50)51-41-28-30-46(7)39(44(41,4)5)27-31-48(9)40(46)25-24-38-43-37(35(2)3)26-29-45(43,6)32-33-47(38,48)8/h36-41,43,49H,2,10-34H2,1,3-9H3. The number of aliphatic hydroxyl groups excluding tert-OH is 1. The minimum atomic E-state index is -0.574. The molecule has 5 saturated carbocycles. The fourth-order valence-corrected chi connectivity index (χ4v) is 14.6. The number of fused-ring (bicyclic) bond motifs is 7. The van der Waals surface area contributed by atoms with Gasteiger partial charge in [0.25, 0.3) is 0 Å². The first-order valence-corrected chi connectivity index (χ1v) is 22.7. The molecule has 0 aromatic heterocycles. The highest BCUT2D eigenvalue weighted by Gasteiger charge is 2.70. The summed E-state index contributed by atoms with van der Waals surface area (Å²) >= 11 is 0. The van der Waals surface area contributed by atoms with Crippen LogP contribution in [-0.4, -0.2) is 23.3 Å². The monoisotopic (exact) mass is 709 g/mol. The highest BCUT2D eigenvalue weighted by atomic mass is 16.5. The Kier molecular flexibility index (Phi) is 13.7. The molecule has 0 saturated heterocycles. The van der Waals surface area contributed by atoms with Crippen LogP contribution in [0.4, 0.5) is 0 Å². The molecule has 51 heavy (non-hydrogen) atoms. The molecule has 5 aliphatic carbocycles. The van der Waals surface area contributed by atoms with Crippen LogP contribution >= 0.6 is 0 Å². The van der Waals surface area contributed by atoms with Gasteiger partial charge < -0.3 is 9.84 Å². The maximum atomic E-state index is 13.3. The van der Waals surface area contributed by atoms with E-state index in [0.717, 1.165) is 49.9 Å². The van der Waals surface area contributed by atoms with Crippen molar-refractivity contribution in [2.24, 2.45) is 56.7 Å². The minimum Gasteiger partial charge on any atom is -0.462 e. The van der Waals surface area contributed by atoms with Crippen molar-refractivity contribution < 1.29 is 14.6 Å². The van der Waals surface area contributed by atoms with Gasteiger partial charge in [-0.3, -0.25) is 4.79 Å². The lowest BCUT2D eigenvalue weighted by Crippen LogP contribution is -2.66. The molecule has 5 fully saturated rings. The fourth-order valence-electron chi connectivity index (χ4n) is 14.6. The second-order valence-corrected chi connectivity index (χ2v) is 21.1. The van der Waals surface area contributed by atoms with Crippen molar-refractivity contribution in [3.8, 4) is 0 Å². The van der Waals surface area contributed by atoms with Crippen LogP contribution in [0.15, 0.2) is 12.2 Å². The van der Waals surface area contributed by atoms with Crippen molar-refractivity contribution in [1.82, 2.24) is 0 Å². The number of allylic oxidation sites excluding steroid dienone is 1. The molecule has 11 atom stereocenters. The predicted octanol–water partition coefficient (Wildman–Crippen LogP) is 13.8. The molecule has 5 rings (SSSR count). The molecule has 0 amide bonds. The number of esters is 1. The van der Waals surface area contributed by atoms with Crippen LogP contribution in [0.2, 0.25) is 0 Å². The van der Waals surface area contributed by atoms with Crippen molar-refractivity contribution in [2.45, 2.75) is 228 Å². The van der Waals surface area contributed by atoms with Crippen LogP contribution in [0.1, 0.15) is 216 Å². The summed E-state index contributed by atoms with van der Waals surface area (Å²) in [6.45, 7) is 24.7. The number of unbranched alkanes of at least 4 members (excludes halogenated alkanes) is 12. The second-order valence-electron chi connectivity index (χ2n) is 21.1. The van der Waals surface area contributed by atoms with Gasteiger partial charge in [-0.25, -0.2) is 0 Å². The Morgan fingerprint density at radius 1 is 0.706 bits per heavy atom. The topological polar surface area (TPSA) is 46.5 Å². The van der Waals surface area contributed by atoms with E-state index in [1.54, 1.807) is 0 Å². The molecule has 0 aromatic rings. The lowest BCUT2D eigenvalue weighted by atomic mass is 9.32. The molecule has 0 spiro atoms. The van der Waals surface area contributed by atoms with E-state index in [1.807, 2.05) is 0 Å². The van der Waals surface area contributed by atoms with Crippen molar-refractivity contribution in [3.05, 3.63) is 12.2 Å². The van der Waals surface area contributed by atoms with Crippen LogP contribution in [0.25, 0.3) is 0 Å². The average Bonchev–Trinajstić information content (AvgIpc) is 3.43. The number of aliphatic hydroxyl groups is 1. The van der Waals surface area contributed by atoms with Crippen LogP contribution in [0, 0.1) is 56.7 Å². The number of hydrogen-bond acceptors (Lipinski definition) is 3. The molecular weight excluding hydrogens is 625 g/mol. The summed E-state index contributed by atoms with van der Waals surface area (Å²) in [5.41, 5.74) is 2.93. The molecule has 0 aromatic carbocycles. The summed E-state index contributed by atoms with van der Waals surface area (Å²) in [6, 6.07) is 0. The van der Waals surface area contributed by atoms with E-state index in [0.29, 0.717) is 28.1 Å². The third-order valence-corrected chi connectivity index (χ3v) is 17.7. The third kappa shape index (κ3) is 8.25. The first-order valence-electron chi connectivity index (χ1n) is 22.7. The average molecular weight is 709 g/mol. The highest BCUT2D eigenvalue weighted by Crippen LogP contribution is 2.77. The van der Waals surface area contributed by atoms with Crippen molar-refractivity contribution in [1.29, 1.82) is 0 Å². The van der Waals surface area contributed by atoms with E-state index in [4.69, 9.17) is 4.74 Å². The van der Waals surface area contributed by atoms with Gasteiger partial charge >= 0.3 is 5.97 Å². The van der Waals surface area contributed by atoms with Gasteiger partial charge in [-0.05, 0) is 129 Å². The summed E-state index contributed by atoms with van der Waals surface area (Å²) < 4.78 is 6.34. The molecule has 0 aliphatic heterocycles. The van der Waals surface area contributed by atoms with Crippen LogP contribution in [0.3, 0.4) is 0 Å². The normalized spacial score (nSPS) is 40.4. The summed E-state index contributed by atoms with van der Waals surface area (Å²) in [4.78, 5) is 13.3.